The minimum absolute atomic E-state index is 0.0816. The molecule has 0 aliphatic heterocycles. The SMILES string of the molecule is CCNC(=NCc1ccccc1[N+](=O)[O-])NCCc1ccccc1Cl. The van der Waals surface area contributed by atoms with E-state index in [1.807, 2.05) is 31.2 Å². The van der Waals surface area contributed by atoms with E-state index < -0.39 is 0 Å². The lowest BCUT2D eigenvalue weighted by molar-refractivity contribution is -0.385. The number of halogens is 1. The predicted octanol–water partition coefficient (Wildman–Crippen LogP) is 3.55. The Bertz CT molecular complexity index is 749. The Hall–Kier alpha value is -2.60. The third kappa shape index (κ3) is 5.76. The molecule has 0 aliphatic rings. The van der Waals surface area contributed by atoms with Gasteiger partial charge in [-0.15, -0.1) is 0 Å². The minimum atomic E-state index is -0.386. The molecule has 0 saturated carbocycles. The summed E-state index contributed by atoms with van der Waals surface area (Å²) in [6, 6.07) is 14.3. The lowest BCUT2D eigenvalue weighted by Crippen LogP contribution is -2.38. The zero-order chi connectivity index (χ0) is 18.1. The van der Waals surface area contributed by atoms with Crippen LogP contribution in [-0.2, 0) is 13.0 Å². The second kappa shape index (κ2) is 9.64. The van der Waals surface area contributed by atoms with Crippen LogP contribution in [0.2, 0.25) is 5.02 Å². The zero-order valence-corrected chi connectivity index (χ0v) is 14.8. The van der Waals surface area contributed by atoms with E-state index in [1.165, 1.54) is 6.07 Å². The summed E-state index contributed by atoms with van der Waals surface area (Å²) in [5, 5.41) is 18.2. The van der Waals surface area contributed by atoms with E-state index in [2.05, 4.69) is 15.6 Å². The van der Waals surface area contributed by atoms with Crippen LogP contribution in [-0.4, -0.2) is 24.0 Å². The van der Waals surface area contributed by atoms with Crippen LogP contribution in [0.15, 0.2) is 53.5 Å². The standard InChI is InChI=1S/C18H21ClN4O2/c1-2-20-18(21-12-11-14-7-3-5-9-16(14)19)22-13-15-8-4-6-10-17(15)23(24)25/h3-10H,2,11-13H2,1H3,(H2,20,21,22). The molecule has 0 aromatic heterocycles. The number of aliphatic imine (C=N–C) groups is 1. The number of nitrogens with one attached hydrogen (secondary N) is 2. The highest BCUT2D eigenvalue weighted by atomic mass is 35.5. The van der Waals surface area contributed by atoms with Crippen LogP contribution in [0.25, 0.3) is 0 Å². The number of nitro benzene ring substituents is 1. The normalized spacial score (nSPS) is 11.2. The average Bonchev–Trinajstić information content (AvgIpc) is 2.61. The van der Waals surface area contributed by atoms with E-state index in [0.29, 0.717) is 24.6 Å². The fourth-order valence-electron chi connectivity index (χ4n) is 2.35. The topological polar surface area (TPSA) is 79.6 Å². The van der Waals surface area contributed by atoms with Crippen molar-refractivity contribution < 1.29 is 4.92 Å². The number of hydrogen-bond donors (Lipinski definition) is 2. The van der Waals surface area contributed by atoms with Crippen LogP contribution in [0.3, 0.4) is 0 Å². The van der Waals surface area contributed by atoms with Crippen molar-refractivity contribution in [2.24, 2.45) is 4.99 Å². The van der Waals surface area contributed by atoms with Gasteiger partial charge in [-0.1, -0.05) is 48.0 Å². The first-order chi connectivity index (χ1) is 12.1. The molecule has 132 valence electrons. The lowest BCUT2D eigenvalue weighted by atomic mass is 10.1. The molecule has 0 spiro atoms. The molecule has 0 amide bonds. The number of nitro groups is 1. The molecule has 7 heteroatoms. The molecule has 0 saturated heterocycles. The highest BCUT2D eigenvalue weighted by Crippen LogP contribution is 2.18. The Labute approximate surface area is 152 Å². The monoisotopic (exact) mass is 360 g/mol. The molecule has 0 aliphatic carbocycles. The van der Waals surface area contributed by atoms with E-state index >= 15 is 0 Å². The zero-order valence-electron chi connectivity index (χ0n) is 14.0. The summed E-state index contributed by atoms with van der Waals surface area (Å²) in [6.45, 7) is 3.57. The Kier molecular flexibility index (Phi) is 7.22. The molecule has 0 unspecified atom stereocenters. The van der Waals surface area contributed by atoms with Crippen molar-refractivity contribution in [3.8, 4) is 0 Å². The van der Waals surface area contributed by atoms with Crippen molar-refractivity contribution in [2.75, 3.05) is 13.1 Å². The van der Waals surface area contributed by atoms with Gasteiger partial charge in [-0.05, 0) is 25.0 Å². The molecule has 0 heterocycles. The van der Waals surface area contributed by atoms with Gasteiger partial charge in [0.1, 0.15) is 0 Å². The summed E-state index contributed by atoms with van der Waals surface area (Å²) >= 11 is 6.15. The van der Waals surface area contributed by atoms with Crippen LogP contribution in [0.5, 0.6) is 0 Å². The lowest BCUT2D eigenvalue weighted by Gasteiger charge is -2.12. The van der Waals surface area contributed by atoms with Crippen LogP contribution in [0, 0.1) is 10.1 Å². The number of para-hydroxylation sites is 1. The average molecular weight is 361 g/mol. The number of guanidine groups is 1. The molecule has 2 aromatic carbocycles. The van der Waals surface area contributed by atoms with Crippen LogP contribution < -0.4 is 10.6 Å². The van der Waals surface area contributed by atoms with Crippen molar-refractivity contribution >= 4 is 23.2 Å². The van der Waals surface area contributed by atoms with Gasteiger partial charge >= 0.3 is 0 Å². The fourth-order valence-corrected chi connectivity index (χ4v) is 2.58. The number of nitrogens with zero attached hydrogens (tertiary/aromatic N) is 2. The van der Waals surface area contributed by atoms with E-state index in [-0.39, 0.29) is 17.2 Å². The van der Waals surface area contributed by atoms with Gasteiger partial charge in [-0.25, -0.2) is 4.99 Å². The summed E-state index contributed by atoms with van der Waals surface area (Å²) < 4.78 is 0. The maximum atomic E-state index is 11.1. The van der Waals surface area contributed by atoms with E-state index in [4.69, 9.17) is 11.6 Å². The summed E-state index contributed by atoms with van der Waals surface area (Å²) in [6.07, 6.45) is 0.759. The largest absolute Gasteiger partial charge is 0.357 e. The summed E-state index contributed by atoms with van der Waals surface area (Å²) in [4.78, 5) is 15.1. The third-order valence-electron chi connectivity index (χ3n) is 3.58. The summed E-state index contributed by atoms with van der Waals surface area (Å²) in [5.74, 6) is 0.618. The van der Waals surface area contributed by atoms with Crippen molar-refractivity contribution in [1.82, 2.24) is 10.6 Å². The van der Waals surface area contributed by atoms with Gasteiger partial charge in [0.15, 0.2) is 5.96 Å². The number of benzene rings is 2. The first-order valence-electron chi connectivity index (χ1n) is 8.09. The highest BCUT2D eigenvalue weighted by molar-refractivity contribution is 6.31. The van der Waals surface area contributed by atoms with Gasteiger partial charge in [0.05, 0.1) is 17.0 Å². The minimum Gasteiger partial charge on any atom is -0.357 e. The van der Waals surface area contributed by atoms with E-state index in [9.17, 15) is 10.1 Å². The van der Waals surface area contributed by atoms with Crippen molar-refractivity contribution in [3.05, 3.63) is 74.8 Å². The number of rotatable bonds is 7. The van der Waals surface area contributed by atoms with Gasteiger partial charge in [-0.2, -0.15) is 0 Å². The van der Waals surface area contributed by atoms with E-state index in [0.717, 1.165) is 17.0 Å². The highest BCUT2D eigenvalue weighted by Gasteiger charge is 2.11. The van der Waals surface area contributed by atoms with Gasteiger partial charge in [0.25, 0.3) is 5.69 Å². The molecule has 25 heavy (non-hydrogen) atoms. The van der Waals surface area contributed by atoms with Crippen molar-refractivity contribution in [3.63, 3.8) is 0 Å². The second-order valence-electron chi connectivity index (χ2n) is 5.35. The number of hydrogen-bond acceptors (Lipinski definition) is 3. The maximum Gasteiger partial charge on any atom is 0.274 e. The first-order valence-corrected chi connectivity index (χ1v) is 8.47. The molecule has 2 N–H and O–H groups in total. The quantitative estimate of drug-likeness (QED) is 0.342. The van der Waals surface area contributed by atoms with Crippen molar-refractivity contribution in [1.29, 1.82) is 0 Å². The molecule has 6 nitrogen and oxygen atoms in total. The molecule has 2 rings (SSSR count). The summed E-state index contributed by atoms with van der Waals surface area (Å²) in [5.41, 5.74) is 1.72. The fraction of sp³-hybridized carbons (Fsp3) is 0.278. The Morgan fingerprint density at radius 1 is 1.12 bits per heavy atom. The van der Waals surface area contributed by atoms with Gasteiger partial charge in [0, 0.05) is 24.2 Å². The van der Waals surface area contributed by atoms with Gasteiger partial charge in [0.2, 0.25) is 0 Å². The first kappa shape index (κ1) is 18.7. The Balaban J connectivity index is 1.99. The summed E-state index contributed by atoms with van der Waals surface area (Å²) in [7, 11) is 0. The van der Waals surface area contributed by atoms with Crippen LogP contribution in [0.1, 0.15) is 18.1 Å². The smallest absolute Gasteiger partial charge is 0.274 e. The van der Waals surface area contributed by atoms with Crippen LogP contribution >= 0.6 is 11.6 Å². The molecule has 0 bridgehead atoms. The molecule has 0 fully saturated rings. The molecule has 0 radical (unpaired) electrons. The van der Waals surface area contributed by atoms with E-state index in [1.54, 1.807) is 18.2 Å². The van der Waals surface area contributed by atoms with Crippen molar-refractivity contribution in [2.45, 2.75) is 19.9 Å². The Morgan fingerprint density at radius 3 is 2.48 bits per heavy atom. The molecular formula is C18H21ClN4O2. The predicted molar refractivity (Wildman–Crippen MR) is 101 cm³/mol. The Morgan fingerprint density at radius 2 is 1.80 bits per heavy atom. The van der Waals surface area contributed by atoms with Gasteiger partial charge in [-0.3, -0.25) is 10.1 Å². The molecular weight excluding hydrogens is 340 g/mol. The van der Waals surface area contributed by atoms with Crippen LogP contribution in [0.4, 0.5) is 5.69 Å². The van der Waals surface area contributed by atoms with Gasteiger partial charge < -0.3 is 10.6 Å². The maximum absolute atomic E-state index is 11.1. The molecule has 0 atom stereocenters. The second-order valence-corrected chi connectivity index (χ2v) is 5.76. The third-order valence-corrected chi connectivity index (χ3v) is 3.95. The molecule has 2 aromatic rings.